The first-order chi connectivity index (χ1) is 14.7. The van der Waals surface area contributed by atoms with Gasteiger partial charge in [0.15, 0.2) is 5.82 Å². The SMILES string of the molecule is Cc1cc(S)ccc1OC(C)C.Cn1cc(-c2cccc(N)c2F)c2c(N)ncnc21. The molecule has 0 unspecified atom stereocenters. The lowest BCUT2D eigenvalue weighted by Crippen LogP contribution is -2.06. The van der Waals surface area contributed by atoms with Gasteiger partial charge < -0.3 is 20.8 Å². The first-order valence-electron chi connectivity index (χ1n) is 9.75. The van der Waals surface area contributed by atoms with Gasteiger partial charge in [-0.15, -0.1) is 12.6 Å². The van der Waals surface area contributed by atoms with E-state index in [0.717, 1.165) is 16.2 Å². The van der Waals surface area contributed by atoms with Crippen LogP contribution in [0.5, 0.6) is 5.75 Å². The van der Waals surface area contributed by atoms with Crippen molar-refractivity contribution in [1.82, 2.24) is 14.5 Å². The summed E-state index contributed by atoms with van der Waals surface area (Å²) in [6, 6.07) is 10.8. The average molecular weight is 440 g/mol. The maximum absolute atomic E-state index is 14.1. The lowest BCUT2D eigenvalue weighted by Gasteiger charge is -2.12. The van der Waals surface area contributed by atoms with Gasteiger partial charge in [0.25, 0.3) is 0 Å². The first-order valence-corrected chi connectivity index (χ1v) is 10.2. The van der Waals surface area contributed by atoms with Crippen LogP contribution in [0, 0.1) is 12.7 Å². The number of anilines is 2. The molecule has 0 saturated carbocycles. The second-order valence-electron chi connectivity index (χ2n) is 7.44. The Morgan fingerprint density at radius 3 is 2.52 bits per heavy atom. The molecule has 6 nitrogen and oxygen atoms in total. The number of aromatic nitrogens is 3. The molecular formula is C23H26FN5OS. The zero-order valence-electron chi connectivity index (χ0n) is 17.9. The Balaban J connectivity index is 0.000000196. The van der Waals surface area contributed by atoms with Crippen LogP contribution in [0.2, 0.25) is 0 Å². The molecule has 4 N–H and O–H groups in total. The Morgan fingerprint density at radius 1 is 1.10 bits per heavy atom. The van der Waals surface area contributed by atoms with Gasteiger partial charge in [-0.3, -0.25) is 0 Å². The Hall–Kier alpha value is -3.26. The Kier molecular flexibility index (Phi) is 6.70. The summed E-state index contributed by atoms with van der Waals surface area (Å²) in [6.45, 7) is 6.07. The van der Waals surface area contributed by atoms with Crippen molar-refractivity contribution in [3.05, 3.63) is 60.3 Å². The molecule has 8 heteroatoms. The fourth-order valence-electron chi connectivity index (χ4n) is 3.22. The van der Waals surface area contributed by atoms with Crippen LogP contribution in [-0.4, -0.2) is 20.6 Å². The summed E-state index contributed by atoms with van der Waals surface area (Å²) >= 11 is 4.24. The Labute approximate surface area is 186 Å². The molecule has 4 aromatic rings. The van der Waals surface area contributed by atoms with Crippen molar-refractivity contribution in [2.24, 2.45) is 7.05 Å². The molecule has 0 aliphatic carbocycles. The fraction of sp³-hybridized carbons (Fsp3) is 0.217. The maximum Gasteiger partial charge on any atom is 0.153 e. The van der Waals surface area contributed by atoms with Crippen molar-refractivity contribution < 1.29 is 9.13 Å². The zero-order chi connectivity index (χ0) is 22.7. The molecule has 0 fully saturated rings. The van der Waals surface area contributed by atoms with E-state index >= 15 is 0 Å². The van der Waals surface area contributed by atoms with E-state index < -0.39 is 5.82 Å². The number of halogens is 1. The Bertz CT molecular complexity index is 1220. The van der Waals surface area contributed by atoms with Crippen LogP contribution in [0.1, 0.15) is 19.4 Å². The van der Waals surface area contributed by atoms with Crippen LogP contribution < -0.4 is 16.2 Å². The van der Waals surface area contributed by atoms with Gasteiger partial charge in [0.2, 0.25) is 0 Å². The number of nitrogens with zero attached hydrogens (tertiary/aromatic N) is 3. The number of ether oxygens (including phenoxy) is 1. The minimum Gasteiger partial charge on any atom is -0.491 e. The van der Waals surface area contributed by atoms with Crippen LogP contribution >= 0.6 is 12.6 Å². The van der Waals surface area contributed by atoms with E-state index in [2.05, 4.69) is 22.6 Å². The molecule has 162 valence electrons. The van der Waals surface area contributed by atoms with E-state index in [4.69, 9.17) is 16.2 Å². The molecule has 0 bridgehead atoms. The van der Waals surface area contributed by atoms with Crippen molar-refractivity contribution in [1.29, 1.82) is 0 Å². The molecule has 0 saturated heterocycles. The van der Waals surface area contributed by atoms with Gasteiger partial charge in [0, 0.05) is 29.3 Å². The summed E-state index contributed by atoms with van der Waals surface area (Å²) in [6.07, 6.45) is 3.39. The van der Waals surface area contributed by atoms with E-state index in [1.807, 2.05) is 46.0 Å². The third-order valence-corrected chi connectivity index (χ3v) is 4.90. The average Bonchev–Trinajstić information content (AvgIpc) is 3.04. The van der Waals surface area contributed by atoms with E-state index in [9.17, 15) is 4.39 Å². The van der Waals surface area contributed by atoms with Crippen molar-refractivity contribution >= 4 is 35.2 Å². The van der Waals surface area contributed by atoms with Crippen LogP contribution in [0.25, 0.3) is 22.2 Å². The maximum atomic E-state index is 14.1. The summed E-state index contributed by atoms with van der Waals surface area (Å²) < 4.78 is 21.5. The van der Waals surface area contributed by atoms with Gasteiger partial charge in [0.05, 0.1) is 17.2 Å². The second-order valence-corrected chi connectivity index (χ2v) is 7.95. The van der Waals surface area contributed by atoms with Crippen LogP contribution in [0.15, 0.2) is 53.8 Å². The van der Waals surface area contributed by atoms with E-state index in [0.29, 0.717) is 28.0 Å². The summed E-state index contributed by atoms with van der Waals surface area (Å²) in [5.41, 5.74) is 14.4. The second kappa shape index (κ2) is 9.26. The van der Waals surface area contributed by atoms with E-state index in [-0.39, 0.29) is 11.8 Å². The number of fused-ring (bicyclic) bond motifs is 1. The number of nitrogens with two attached hydrogens (primary N) is 2. The minimum atomic E-state index is -0.460. The highest BCUT2D eigenvalue weighted by atomic mass is 32.1. The number of hydrogen-bond donors (Lipinski definition) is 3. The third kappa shape index (κ3) is 4.91. The van der Waals surface area contributed by atoms with Gasteiger partial charge >= 0.3 is 0 Å². The molecule has 4 rings (SSSR count). The molecule has 0 radical (unpaired) electrons. The summed E-state index contributed by atoms with van der Waals surface area (Å²) in [5.74, 6) is 0.809. The van der Waals surface area contributed by atoms with Crippen LogP contribution in [0.4, 0.5) is 15.9 Å². The molecule has 31 heavy (non-hydrogen) atoms. The van der Waals surface area contributed by atoms with Gasteiger partial charge in [-0.25, -0.2) is 14.4 Å². The standard InChI is InChI=1S/C13H12FN5.C10H14OS/c1-19-5-8(7-3-2-4-9(15)11(7)14)10-12(16)17-6-18-13(10)19;1-7(2)11-10-5-4-9(12)6-8(10)3/h2-6H,15H2,1H3,(H2,16,17,18);4-7,12H,1-3H3. The molecule has 2 aromatic heterocycles. The van der Waals surface area contributed by atoms with E-state index in [1.165, 1.54) is 12.4 Å². The number of benzene rings is 2. The lowest BCUT2D eigenvalue weighted by atomic mass is 10.0. The molecule has 2 heterocycles. The summed E-state index contributed by atoms with van der Waals surface area (Å²) in [4.78, 5) is 9.09. The van der Waals surface area contributed by atoms with Crippen molar-refractivity contribution in [3.8, 4) is 16.9 Å². The summed E-state index contributed by atoms with van der Waals surface area (Å²) in [5, 5.41) is 0.634. The largest absolute Gasteiger partial charge is 0.491 e. The highest BCUT2D eigenvalue weighted by Gasteiger charge is 2.17. The third-order valence-electron chi connectivity index (χ3n) is 4.62. The zero-order valence-corrected chi connectivity index (χ0v) is 18.8. The highest BCUT2D eigenvalue weighted by Crippen LogP contribution is 2.34. The molecule has 0 aliphatic rings. The topological polar surface area (TPSA) is 92.0 Å². The molecule has 0 amide bonds. The first kappa shape index (κ1) is 22.4. The van der Waals surface area contributed by atoms with Gasteiger partial charge in [-0.05, 0) is 50.6 Å². The molecular weight excluding hydrogens is 413 g/mol. The number of rotatable bonds is 3. The fourth-order valence-corrected chi connectivity index (χ4v) is 3.48. The monoisotopic (exact) mass is 439 g/mol. The minimum absolute atomic E-state index is 0.102. The molecule has 2 aromatic carbocycles. The van der Waals surface area contributed by atoms with Crippen molar-refractivity contribution in [2.45, 2.75) is 31.8 Å². The normalized spacial score (nSPS) is 10.8. The lowest BCUT2D eigenvalue weighted by molar-refractivity contribution is 0.240. The van der Waals surface area contributed by atoms with Gasteiger partial charge in [-0.2, -0.15) is 0 Å². The quantitative estimate of drug-likeness (QED) is 0.308. The van der Waals surface area contributed by atoms with Crippen LogP contribution in [-0.2, 0) is 7.05 Å². The number of aryl methyl sites for hydroxylation is 2. The smallest absolute Gasteiger partial charge is 0.153 e. The van der Waals surface area contributed by atoms with E-state index in [1.54, 1.807) is 22.9 Å². The highest BCUT2D eigenvalue weighted by molar-refractivity contribution is 7.80. The predicted octanol–water partition coefficient (Wildman–Crippen LogP) is 5.01. The Morgan fingerprint density at radius 2 is 1.84 bits per heavy atom. The number of hydrogen-bond acceptors (Lipinski definition) is 6. The van der Waals surface area contributed by atoms with Crippen LogP contribution in [0.3, 0.4) is 0 Å². The molecule has 0 aliphatic heterocycles. The molecule has 0 spiro atoms. The molecule has 0 atom stereocenters. The van der Waals surface area contributed by atoms with Gasteiger partial charge in [-0.1, -0.05) is 12.1 Å². The number of nitrogen functional groups attached to an aromatic ring is 2. The summed E-state index contributed by atoms with van der Waals surface area (Å²) in [7, 11) is 1.82. The predicted molar refractivity (Wildman–Crippen MR) is 127 cm³/mol. The van der Waals surface area contributed by atoms with Gasteiger partial charge in [0.1, 0.15) is 23.5 Å². The van der Waals surface area contributed by atoms with Crippen molar-refractivity contribution in [2.75, 3.05) is 11.5 Å². The van der Waals surface area contributed by atoms with Crippen molar-refractivity contribution in [3.63, 3.8) is 0 Å². The number of thiol groups is 1.